The summed E-state index contributed by atoms with van der Waals surface area (Å²) in [5, 5.41) is 14.2. The molecule has 6 nitrogen and oxygen atoms in total. The van der Waals surface area contributed by atoms with Gasteiger partial charge in [0.1, 0.15) is 18.2 Å². The normalized spacial score (nSPS) is 11.2. The molecule has 2 N–H and O–H groups in total. The summed E-state index contributed by atoms with van der Waals surface area (Å²) < 4.78 is 12.3. The summed E-state index contributed by atoms with van der Waals surface area (Å²) in [5.74, 6) is 0.681. The van der Waals surface area contributed by atoms with Gasteiger partial charge in [-0.2, -0.15) is 5.26 Å². The van der Waals surface area contributed by atoms with Crippen molar-refractivity contribution in [2.75, 3.05) is 13.7 Å². The van der Waals surface area contributed by atoms with Gasteiger partial charge in [0.2, 0.25) is 0 Å². The largest absolute Gasteiger partial charge is 0.493 e. The summed E-state index contributed by atoms with van der Waals surface area (Å²) in [6, 6.07) is 21.0. The highest BCUT2D eigenvalue weighted by Crippen LogP contribution is 2.35. The molecule has 4 rings (SSSR count). The van der Waals surface area contributed by atoms with Crippen molar-refractivity contribution in [2.24, 2.45) is 0 Å². The number of hydrogen-bond donors (Lipinski definition) is 2. The van der Waals surface area contributed by atoms with Crippen molar-refractivity contribution in [1.82, 2.24) is 10.3 Å². The van der Waals surface area contributed by atoms with E-state index in [4.69, 9.17) is 21.1 Å². The Morgan fingerprint density at radius 3 is 2.72 bits per heavy atom. The lowest BCUT2D eigenvalue weighted by Gasteiger charge is -2.14. The number of nitriles is 1. The van der Waals surface area contributed by atoms with Crippen LogP contribution >= 0.6 is 34.2 Å². The molecule has 0 spiro atoms. The smallest absolute Gasteiger partial charge is 0.261 e. The predicted octanol–water partition coefficient (Wildman–Crippen LogP) is 6.28. The number of aromatic amines is 1. The van der Waals surface area contributed by atoms with Crippen LogP contribution in [0.2, 0.25) is 5.02 Å². The third kappa shape index (κ3) is 6.20. The molecule has 36 heavy (non-hydrogen) atoms. The number of amides is 1. The lowest BCUT2D eigenvalue weighted by molar-refractivity contribution is -0.117. The Labute approximate surface area is 228 Å². The van der Waals surface area contributed by atoms with Crippen molar-refractivity contribution in [3.05, 3.63) is 97.7 Å². The van der Waals surface area contributed by atoms with E-state index >= 15 is 0 Å². The number of aromatic nitrogens is 1. The number of methoxy groups -OCH3 is 1. The lowest BCUT2D eigenvalue weighted by atomic mass is 10.1. The number of para-hydroxylation sites is 1. The third-order valence-electron chi connectivity index (χ3n) is 5.58. The molecule has 0 aliphatic heterocycles. The van der Waals surface area contributed by atoms with Crippen molar-refractivity contribution < 1.29 is 14.3 Å². The zero-order chi connectivity index (χ0) is 25.5. The Balaban J connectivity index is 1.43. The Bertz CT molecular complexity index is 1460. The summed E-state index contributed by atoms with van der Waals surface area (Å²) >= 11 is 8.10. The van der Waals surface area contributed by atoms with Crippen LogP contribution in [-0.4, -0.2) is 24.5 Å². The van der Waals surface area contributed by atoms with Gasteiger partial charge in [-0.3, -0.25) is 4.79 Å². The topological polar surface area (TPSA) is 87.1 Å². The highest BCUT2D eigenvalue weighted by Gasteiger charge is 2.14. The van der Waals surface area contributed by atoms with Crippen LogP contribution in [0, 0.1) is 14.9 Å². The second-order valence-corrected chi connectivity index (χ2v) is 9.58. The van der Waals surface area contributed by atoms with E-state index in [2.05, 4.69) is 32.9 Å². The van der Waals surface area contributed by atoms with E-state index in [9.17, 15) is 10.1 Å². The van der Waals surface area contributed by atoms with Gasteiger partial charge < -0.3 is 19.8 Å². The van der Waals surface area contributed by atoms with E-state index in [0.29, 0.717) is 41.7 Å². The van der Waals surface area contributed by atoms with E-state index in [1.54, 1.807) is 19.3 Å². The number of nitrogens with zero attached hydrogens (tertiary/aromatic N) is 1. The minimum absolute atomic E-state index is 0.0154. The van der Waals surface area contributed by atoms with Gasteiger partial charge in [-0.15, -0.1) is 0 Å². The molecule has 4 aromatic rings. The van der Waals surface area contributed by atoms with E-state index in [0.717, 1.165) is 25.6 Å². The molecule has 0 aliphatic rings. The number of ether oxygens (including phenoxy) is 2. The number of rotatable bonds is 9. The summed E-state index contributed by atoms with van der Waals surface area (Å²) in [5.41, 5.74) is 3.82. The molecule has 1 aromatic heterocycles. The fourth-order valence-corrected chi connectivity index (χ4v) is 4.67. The number of carbonyl (C=O) groups is 1. The van der Waals surface area contributed by atoms with Crippen LogP contribution in [-0.2, 0) is 17.8 Å². The number of halogens is 2. The number of hydrogen-bond acceptors (Lipinski definition) is 4. The Hall–Kier alpha value is -3.48. The van der Waals surface area contributed by atoms with Gasteiger partial charge in [0.05, 0.1) is 10.7 Å². The summed E-state index contributed by atoms with van der Waals surface area (Å²) in [7, 11) is 1.55. The standard InChI is InChI=1S/C28H23ClIN3O3/c1-35-26-14-19(13-24(30)27(26)36-17-18-6-8-22(29)9-7-18)12-21(15-31)28(34)32-11-10-20-16-33-25-5-3-2-4-23(20)25/h2-9,12-14,16,33H,10-11,17H2,1H3,(H,32,34)/b21-12+. The molecule has 0 bridgehead atoms. The molecule has 0 atom stereocenters. The first-order chi connectivity index (χ1) is 17.5. The molecule has 182 valence electrons. The van der Waals surface area contributed by atoms with Gasteiger partial charge in [-0.1, -0.05) is 41.9 Å². The summed E-state index contributed by atoms with van der Waals surface area (Å²) in [6.45, 7) is 0.763. The molecule has 0 unspecified atom stereocenters. The Kier molecular flexibility index (Phi) is 8.52. The molecular formula is C28H23ClIN3O3. The maximum atomic E-state index is 12.7. The molecular weight excluding hydrogens is 589 g/mol. The third-order valence-corrected chi connectivity index (χ3v) is 6.63. The lowest BCUT2D eigenvalue weighted by Crippen LogP contribution is -2.26. The van der Waals surface area contributed by atoms with E-state index in [1.165, 1.54) is 0 Å². The highest BCUT2D eigenvalue weighted by atomic mass is 127. The fourth-order valence-electron chi connectivity index (χ4n) is 3.76. The molecule has 0 fully saturated rings. The first-order valence-electron chi connectivity index (χ1n) is 11.2. The molecule has 8 heteroatoms. The molecule has 1 heterocycles. The van der Waals surface area contributed by atoms with Crippen molar-refractivity contribution in [3.8, 4) is 17.6 Å². The fraction of sp³-hybridized carbons (Fsp3) is 0.143. The highest BCUT2D eigenvalue weighted by molar-refractivity contribution is 14.1. The maximum absolute atomic E-state index is 12.7. The Morgan fingerprint density at radius 2 is 1.97 bits per heavy atom. The van der Waals surface area contributed by atoms with Gasteiger partial charge >= 0.3 is 0 Å². The second kappa shape index (κ2) is 12.0. The summed E-state index contributed by atoms with van der Waals surface area (Å²) in [6.07, 6.45) is 4.15. The monoisotopic (exact) mass is 611 g/mol. The SMILES string of the molecule is COc1cc(/C=C(\C#N)C(=O)NCCc2c[nH]c3ccccc23)cc(I)c1OCc1ccc(Cl)cc1. The number of carbonyl (C=O) groups excluding carboxylic acids is 1. The van der Waals surface area contributed by atoms with Gasteiger partial charge in [-0.05, 0) is 82.1 Å². The van der Waals surface area contributed by atoms with Crippen molar-refractivity contribution in [2.45, 2.75) is 13.0 Å². The predicted molar refractivity (Wildman–Crippen MR) is 150 cm³/mol. The number of fused-ring (bicyclic) bond motifs is 1. The maximum Gasteiger partial charge on any atom is 0.261 e. The van der Waals surface area contributed by atoms with Crippen molar-refractivity contribution in [3.63, 3.8) is 0 Å². The van der Waals surface area contributed by atoms with Crippen molar-refractivity contribution >= 4 is 57.1 Å². The Morgan fingerprint density at radius 1 is 1.19 bits per heavy atom. The average molecular weight is 612 g/mol. The molecule has 0 aliphatic carbocycles. The van der Waals surface area contributed by atoms with Crippen LogP contribution < -0.4 is 14.8 Å². The van der Waals surface area contributed by atoms with Gasteiger partial charge in [0.25, 0.3) is 5.91 Å². The van der Waals surface area contributed by atoms with Crippen LogP contribution in [0.25, 0.3) is 17.0 Å². The average Bonchev–Trinajstić information content (AvgIpc) is 3.30. The van der Waals surface area contributed by atoms with Gasteiger partial charge in [0, 0.05) is 28.7 Å². The molecule has 0 saturated heterocycles. The number of nitrogens with one attached hydrogen (secondary N) is 2. The van der Waals surface area contributed by atoms with Crippen LogP contribution in [0.15, 0.2) is 72.4 Å². The van der Waals surface area contributed by atoms with Gasteiger partial charge in [-0.25, -0.2) is 0 Å². The molecule has 0 radical (unpaired) electrons. The molecule has 3 aromatic carbocycles. The zero-order valence-electron chi connectivity index (χ0n) is 19.5. The summed E-state index contributed by atoms with van der Waals surface area (Å²) in [4.78, 5) is 15.9. The quantitative estimate of drug-likeness (QED) is 0.133. The minimum atomic E-state index is -0.422. The van der Waals surface area contributed by atoms with Gasteiger partial charge in [0.15, 0.2) is 11.5 Å². The zero-order valence-corrected chi connectivity index (χ0v) is 22.4. The minimum Gasteiger partial charge on any atom is -0.493 e. The second-order valence-electron chi connectivity index (χ2n) is 7.98. The van der Waals surface area contributed by atoms with E-state index < -0.39 is 5.91 Å². The van der Waals surface area contributed by atoms with E-state index in [-0.39, 0.29) is 5.57 Å². The number of H-pyrrole nitrogens is 1. The molecule has 0 saturated carbocycles. The van der Waals surface area contributed by atoms with Crippen LogP contribution in [0.5, 0.6) is 11.5 Å². The number of benzene rings is 3. The van der Waals surface area contributed by atoms with E-state index in [1.807, 2.05) is 66.9 Å². The first-order valence-corrected chi connectivity index (χ1v) is 12.6. The van der Waals surface area contributed by atoms with Crippen LogP contribution in [0.1, 0.15) is 16.7 Å². The van der Waals surface area contributed by atoms with Crippen molar-refractivity contribution in [1.29, 1.82) is 5.26 Å². The van der Waals surface area contributed by atoms with Crippen LogP contribution in [0.4, 0.5) is 0 Å². The molecule has 1 amide bonds. The first kappa shape index (κ1) is 25.6. The van der Waals surface area contributed by atoms with Crippen LogP contribution in [0.3, 0.4) is 0 Å².